The minimum Gasteiger partial charge on any atom is -0.442 e. The predicted molar refractivity (Wildman–Crippen MR) is 92.6 cm³/mol. The van der Waals surface area contributed by atoms with E-state index in [4.69, 9.17) is 9.84 Å². The van der Waals surface area contributed by atoms with Crippen LogP contribution in [-0.2, 0) is 14.3 Å². The molecule has 3 fully saturated rings. The number of hydrogen-bond donors (Lipinski definition) is 2. The van der Waals surface area contributed by atoms with Crippen LogP contribution in [0.2, 0.25) is 0 Å². The van der Waals surface area contributed by atoms with Crippen molar-refractivity contribution in [1.82, 2.24) is 20.0 Å². The van der Waals surface area contributed by atoms with Gasteiger partial charge in [-0.15, -0.1) is 0 Å². The fraction of sp³-hybridized carbons (Fsp3) is 0.824. The number of piperazine rings is 1. The van der Waals surface area contributed by atoms with Gasteiger partial charge in [-0.3, -0.25) is 14.5 Å². The third kappa shape index (κ3) is 4.49. The molecule has 10 heteroatoms. The summed E-state index contributed by atoms with van der Waals surface area (Å²) in [4.78, 5) is 39.2. The van der Waals surface area contributed by atoms with E-state index in [9.17, 15) is 18.8 Å². The molecule has 27 heavy (non-hydrogen) atoms. The minimum atomic E-state index is -1.05. The van der Waals surface area contributed by atoms with E-state index in [1.807, 2.05) is 0 Å². The number of aliphatic hydroxyl groups excluding tert-OH is 1. The van der Waals surface area contributed by atoms with Crippen molar-refractivity contribution in [2.24, 2.45) is 0 Å². The van der Waals surface area contributed by atoms with Gasteiger partial charge >= 0.3 is 6.09 Å². The number of amides is 3. The quantitative estimate of drug-likeness (QED) is 0.565. The van der Waals surface area contributed by atoms with Gasteiger partial charge in [0.05, 0.1) is 13.1 Å². The van der Waals surface area contributed by atoms with Crippen molar-refractivity contribution in [3.8, 4) is 0 Å². The number of halogens is 1. The number of cyclic esters (lactones) is 1. The molecule has 3 aliphatic rings. The second kappa shape index (κ2) is 8.83. The first-order valence-corrected chi connectivity index (χ1v) is 9.44. The summed E-state index contributed by atoms with van der Waals surface area (Å²) in [7, 11) is 0. The number of carbonyl (C=O) groups excluding carboxylic acids is 3. The van der Waals surface area contributed by atoms with E-state index in [1.54, 1.807) is 9.80 Å². The van der Waals surface area contributed by atoms with Crippen LogP contribution in [0, 0.1) is 0 Å². The summed E-state index contributed by atoms with van der Waals surface area (Å²) in [6.45, 7) is 2.30. The highest BCUT2D eigenvalue weighted by Gasteiger charge is 2.42. The lowest BCUT2D eigenvalue weighted by Crippen LogP contribution is -2.57. The zero-order valence-electron chi connectivity index (χ0n) is 15.3. The van der Waals surface area contributed by atoms with Crippen LogP contribution in [0.3, 0.4) is 0 Å². The number of nitrogens with zero attached hydrogens (tertiary/aromatic N) is 3. The number of carbonyl (C=O) groups is 3. The number of ether oxygens (including phenoxy) is 1. The minimum absolute atomic E-state index is 0.192. The van der Waals surface area contributed by atoms with Crippen LogP contribution < -0.4 is 5.32 Å². The number of nitrogens with one attached hydrogen (secondary N) is 1. The lowest BCUT2D eigenvalue weighted by Gasteiger charge is -2.44. The maximum Gasteiger partial charge on any atom is 0.410 e. The zero-order valence-corrected chi connectivity index (χ0v) is 15.3. The highest BCUT2D eigenvalue weighted by molar-refractivity contribution is 5.77. The molecule has 1 saturated carbocycles. The first-order valence-electron chi connectivity index (χ1n) is 9.44. The molecular formula is C17H27FN4O5. The van der Waals surface area contributed by atoms with Gasteiger partial charge in [-0.25, -0.2) is 9.18 Å². The molecule has 9 nitrogen and oxygen atoms in total. The Labute approximate surface area is 157 Å². The van der Waals surface area contributed by atoms with Crippen LogP contribution in [0.15, 0.2) is 0 Å². The van der Waals surface area contributed by atoms with Gasteiger partial charge in [0.25, 0.3) is 0 Å². The third-order valence-corrected chi connectivity index (χ3v) is 5.75. The van der Waals surface area contributed by atoms with E-state index < -0.39 is 25.0 Å². The normalized spacial score (nSPS) is 32.3. The summed E-state index contributed by atoms with van der Waals surface area (Å²) in [5.41, 5.74) is 0. The third-order valence-electron chi connectivity index (χ3n) is 5.75. The van der Waals surface area contributed by atoms with Crippen LogP contribution >= 0.6 is 0 Å². The van der Waals surface area contributed by atoms with E-state index in [0.717, 1.165) is 0 Å². The molecule has 1 aliphatic carbocycles. The van der Waals surface area contributed by atoms with E-state index in [0.29, 0.717) is 52.0 Å². The fourth-order valence-corrected chi connectivity index (χ4v) is 4.30. The summed E-state index contributed by atoms with van der Waals surface area (Å²) in [6.07, 6.45) is 0.278. The Kier molecular flexibility index (Phi) is 6.48. The molecule has 2 aliphatic heterocycles. The first-order chi connectivity index (χ1) is 13.0. The van der Waals surface area contributed by atoms with Gasteiger partial charge in [-0.05, 0) is 12.8 Å². The van der Waals surface area contributed by atoms with Crippen LogP contribution in [-0.4, -0.2) is 108 Å². The molecule has 0 radical (unpaired) electrons. The molecule has 152 valence electrons. The highest BCUT2D eigenvalue weighted by atomic mass is 19.1. The average Bonchev–Trinajstić information content (AvgIpc) is 3.06. The smallest absolute Gasteiger partial charge is 0.410 e. The van der Waals surface area contributed by atoms with Crippen molar-refractivity contribution in [3.05, 3.63) is 0 Å². The molecule has 0 aromatic heterocycles. The van der Waals surface area contributed by atoms with Crippen LogP contribution in [0.1, 0.15) is 19.3 Å². The van der Waals surface area contributed by atoms with E-state index >= 15 is 0 Å². The topological polar surface area (TPSA) is 102 Å². The molecule has 0 bridgehead atoms. The molecule has 3 amide bonds. The maximum absolute atomic E-state index is 14.9. The van der Waals surface area contributed by atoms with Crippen molar-refractivity contribution in [3.63, 3.8) is 0 Å². The largest absolute Gasteiger partial charge is 0.442 e. The second-order valence-corrected chi connectivity index (χ2v) is 7.31. The Morgan fingerprint density at radius 2 is 2.04 bits per heavy atom. The van der Waals surface area contributed by atoms with Crippen LogP contribution in [0.5, 0.6) is 0 Å². The molecule has 3 rings (SSSR count). The number of rotatable bonds is 6. The summed E-state index contributed by atoms with van der Waals surface area (Å²) < 4.78 is 20.1. The molecule has 2 saturated heterocycles. The van der Waals surface area contributed by atoms with Gasteiger partial charge in [0, 0.05) is 44.7 Å². The van der Waals surface area contributed by atoms with Crippen molar-refractivity contribution in [1.29, 1.82) is 0 Å². The van der Waals surface area contributed by atoms with Gasteiger partial charge in [0.15, 0.2) is 0 Å². The van der Waals surface area contributed by atoms with Crippen LogP contribution in [0.25, 0.3) is 0 Å². The second-order valence-electron chi connectivity index (χ2n) is 7.31. The maximum atomic E-state index is 14.9. The Balaban J connectivity index is 1.49. The molecule has 4 atom stereocenters. The Morgan fingerprint density at radius 1 is 1.30 bits per heavy atom. The molecule has 3 unspecified atom stereocenters. The van der Waals surface area contributed by atoms with Gasteiger partial charge in [0.2, 0.25) is 12.3 Å². The van der Waals surface area contributed by atoms with Gasteiger partial charge in [0.1, 0.15) is 18.9 Å². The van der Waals surface area contributed by atoms with Crippen molar-refractivity contribution < 1.29 is 28.6 Å². The lowest BCUT2D eigenvalue weighted by atomic mass is 9.87. The highest BCUT2D eigenvalue weighted by Crippen LogP contribution is 2.31. The fourth-order valence-electron chi connectivity index (χ4n) is 4.30. The molecular weight excluding hydrogens is 359 g/mol. The monoisotopic (exact) mass is 386 g/mol. The van der Waals surface area contributed by atoms with Gasteiger partial charge < -0.3 is 25.0 Å². The van der Waals surface area contributed by atoms with Gasteiger partial charge in [-0.1, -0.05) is 0 Å². The van der Waals surface area contributed by atoms with Crippen molar-refractivity contribution in [2.75, 3.05) is 45.9 Å². The summed E-state index contributed by atoms with van der Waals surface area (Å²) >= 11 is 0. The van der Waals surface area contributed by atoms with Crippen molar-refractivity contribution >= 4 is 18.4 Å². The summed E-state index contributed by atoms with van der Waals surface area (Å²) in [5, 5.41) is 11.4. The van der Waals surface area contributed by atoms with E-state index in [2.05, 4.69) is 10.2 Å². The van der Waals surface area contributed by atoms with Crippen molar-refractivity contribution in [2.45, 2.75) is 43.6 Å². The summed E-state index contributed by atoms with van der Waals surface area (Å²) in [6, 6.07) is -0.402. The summed E-state index contributed by atoms with van der Waals surface area (Å²) in [5.74, 6) is -0.290. The number of alkyl halides is 1. The van der Waals surface area contributed by atoms with E-state index in [1.165, 1.54) is 0 Å². The molecule has 2 heterocycles. The SMILES string of the molecule is O=CNC[C@H]1CN(C2CCC(N3CCN(C(=O)CO)CC3)C(F)C2)C(=O)O1. The average molecular weight is 386 g/mol. The molecule has 2 N–H and O–H groups in total. The Hall–Kier alpha value is -1.94. The lowest BCUT2D eigenvalue weighted by molar-refractivity contribution is -0.136. The van der Waals surface area contributed by atoms with Crippen LogP contribution in [0.4, 0.5) is 9.18 Å². The zero-order chi connectivity index (χ0) is 19.4. The number of aliphatic hydroxyl groups is 1. The number of hydrogen-bond acceptors (Lipinski definition) is 6. The molecule has 0 spiro atoms. The molecule has 0 aromatic rings. The van der Waals surface area contributed by atoms with E-state index in [-0.39, 0.29) is 31.0 Å². The first kappa shape index (κ1) is 19.8. The Bertz CT molecular complexity index is 557. The predicted octanol–water partition coefficient (Wildman–Crippen LogP) is -1.05. The van der Waals surface area contributed by atoms with Gasteiger partial charge in [-0.2, -0.15) is 0 Å². The Morgan fingerprint density at radius 3 is 2.67 bits per heavy atom. The molecule has 0 aromatic carbocycles. The standard InChI is InChI=1S/C17H27FN4O5/c18-14-7-12(22-9-13(8-19-11-24)27-17(22)26)1-2-15(14)20-3-5-21(6-4-20)16(25)10-23/h11-15,23H,1-10H2,(H,19,24)/t12?,13-,14?,15?/m0/s1.